The molecule has 0 atom stereocenters. The molecule has 3 nitrogen and oxygen atoms in total. The van der Waals surface area contributed by atoms with Gasteiger partial charge in [-0.25, -0.2) is 12.8 Å². The van der Waals surface area contributed by atoms with Gasteiger partial charge in [-0.2, -0.15) is 4.31 Å². The van der Waals surface area contributed by atoms with Crippen LogP contribution in [0.5, 0.6) is 0 Å². The second kappa shape index (κ2) is 5.45. The Balaban J connectivity index is 2.30. The molecule has 0 amide bonds. The molecule has 0 spiro atoms. The average molecular weight is 357 g/mol. The lowest BCUT2D eigenvalue weighted by Crippen LogP contribution is -2.39. The summed E-state index contributed by atoms with van der Waals surface area (Å²) in [5.41, 5.74) is 0. The molecular formula is C11H12BrClFNO2S. The molecule has 1 aliphatic rings. The third kappa shape index (κ3) is 2.87. The zero-order chi connectivity index (χ0) is 13.3. The highest BCUT2D eigenvalue weighted by molar-refractivity contribution is 9.10. The first kappa shape index (κ1) is 14.2. The molecular weight excluding hydrogens is 345 g/mol. The smallest absolute Gasteiger partial charge is 0.207 e. The Labute approximate surface area is 119 Å². The van der Waals surface area contributed by atoms with Crippen LogP contribution >= 0.6 is 27.5 Å². The van der Waals surface area contributed by atoms with Gasteiger partial charge in [0.1, 0.15) is 10.7 Å². The van der Waals surface area contributed by atoms with Crippen molar-refractivity contribution in [3.8, 4) is 0 Å². The summed E-state index contributed by atoms with van der Waals surface area (Å²) in [6.07, 6.45) is 1.19. The maximum Gasteiger partial charge on any atom is 0.245 e. The fraction of sp³-hybridized carbons (Fsp3) is 0.455. The predicted octanol–water partition coefficient (Wildman–Crippen LogP) is 2.98. The summed E-state index contributed by atoms with van der Waals surface area (Å²) in [4.78, 5) is -0.279. The Morgan fingerprint density at radius 3 is 2.50 bits per heavy atom. The predicted molar refractivity (Wildman–Crippen MR) is 71.7 cm³/mol. The van der Waals surface area contributed by atoms with Crippen molar-refractivity contribution in [2.75, 3.05) is 13.1 Å². The lowest BCUT2D eigenvalue weighted by molar-refractivity contribution is 0.348. The van der Waals surface area contributed by atoms with Crippen molar-refractivity contribution in [2.24, 2.45) is 0 Å². The Kier molecular flexibility index (Phi) is 4.31. The molecule has 1 aliphatic heterocycles. The normalized spacial score (nSPS) is 19.1. The molecule has 0 bridgehead atoms. The van der Waals surface area contributed by atoms with Crippen LogP contribution in [0.4, 0.5) is 4.39 Å². The Bertz CT molecular complexity index is 544. The van der Waals surface area contributed by atoms with Crippen LogP contribution in [0.15, 0.2) is 27.6 Å². The first-order chi connectivity index (χ1) is 8.41. The maximum absolute atomic E-state index is 13.7. The fourth-order valence-corrected chi connectivity index (χ4v) is 3.93. The van der Waals surface area contributed by atoms with Crippen LogP contribution in [0.3, 0.4) is 0 Å². The number of halogens is 3. The molecule has 7 heteroatoms. The van der Waals surface area contributed by atoms with Gasteiger partial charge in [0.2, 0.25) is 10.0 Å². The lowest BCUT2D eigenvalue weighted by Gasteiger charge is -2.28. The van der Waals surface area contributed by atoms with E-state index in [9.17, 15) is 12.8 Å². The molecule has 1 aromatic carbocycles. The highest BCUT2D eigenvalue weighted by Gasteiger charge is 2.30. The summed E-state index contributed by atoms with van der Waals surface area (Å²) in [6.45, 7) is 0.679. The third-order valence-electron chi connectivity index (χ3n) is 2.90. The van der Waals surface area contributed by atoms with Crippen LogP contribution in [0.2, 0.25) is 0 Å². The molecule has 100 valence electrons. The second-order valence-corrected chi connectivity index (χ2v) is 7.59. The molecule has 2 rings (SSSR count). The third-order valence-corrected chi connectivity index (χ3v) is 5.76. The van der Waals surface area contributed by atoms with Crippen molar-refractivity contribution in [2.45, 2.75) is 23.1 Å². The Hall–Kier alpha value is -0.170. The van der Waals surface area contributed by atoms with Gasteiger partial charge in [0.15, 0.2) is 0 Å². The van der Waals surface area contributed by atoms with Crippen LogP contribution in [0.1, 0.15) is 12.8 Å². The number of sulfonamides is 1. The second-order valence-electron chi connectivity index (χ2n) is 4.15. The molecule has 0 saturated carbocycles. The van der Waals surface area contributed by atoms with Crippen LogP contribution in [0.25, 0.3) is 0 Å². The van der Waals surface area contributed by atoms with E-state index in [-0.39, 0.29) is 10.3 Å². The SMILES string of the molecule is O=S(=O)(c1ccc(Br)cc1F)N1CCC(Cl)CC1. The zero-order valence-corrected chi connectivity index (χ0v) is 12.6. The summed E-state index contributed by atoms with van der Waals surface area (Å²) in [6, 6.07) is 3.95. The zero-order valence-electron chi connectivity index (χ0n) is 9.44. The summed E-state index contributed by atoms with van der Waals surface area (Å²) in [7, 11) is -3.75. The van der Waals surface area contributed by atoms with E-state index < -0.39 is 15.8 Å². The highest BCUT2D eigenvalue weighted by Crippen LogP contribution is 2.26. The molecule has 0 radical (unpaired) electrons. The minimum Gasteiger partial charge on any atom is -0.207 e. The van der Waals surface area contributed by atoms with E-state index in [1.54, 1.807) is 0 Å². The van der Waals surface area contributed by atoms with Gasteiger partial charge in [0, 0.05) is 22.9 Å². The average Bonchev–Trinajstić information content (AvgIpc) is 2.29. The van der Waals surface area contributed by atoms with E-state index in [0.29, 0.717) is 30.4 Å². The number of piperidine rings is 1. The minimum absolute atomic E-state index is 0.00575. The van der Waals surface area contributed by atoms with E-state index in [4.69, 9.17) is 11.6 Å². The van der Waals surface area contributed by atoms with Gasteiger partial charge in [0.05, 0.1) is 0 Å². The number of rotatable bonds is 2. The van der Waals surface area contributed by atoms with Crippen molar-refractivity contribution in [1.29, 1.82) is 0 Å². The Morgan fingerprint density at radius 2 is 1.94 bits per heavy atom. The molecule has 1 aromatic rings. The highest BCUT2D eigenvalue weighted by atomic mass is 79.9. The van der Waals surface area contributed by atoms with Crippen molar-refractivity contribution in [1.82, 2.24) is 4.31 Å². The summed E-state index contributed by atoms with van der Waals surface area (Å²) in [5.74, 6) is -0.739. The minimum atomic E-state index is -3.75. The molecule has 0 unspecified atom stereocenters. The van der Waals surface area contributed by atoms with Gasteiger partial charge >= 0.3 is 0 Å². The number of hydrogen-bond donors (Lipinski definition) is 0. The van der Waals surface area contributed by atoms with Crippen LogP contribution in [-0.2, 0) is 10.0 Å². The molecule has 1 heterocycles. The summed E-state index contributed by atoms with van der Waals surface area (Å²) >= 11 is 9.03. The van der Waals surface area contributed by atoms with E-state index in [1.807, 2.05) is 0 Å². The lowest BCUT2D eigenvalue weighted by atomic mass is 10.2. The Morgan fingerprint density at radius 1 is 1.33 bits per heavy atom. The van der Waals surface area contributed by atoms with Gasteiger partial charge < -0.3 is 0 Å². The standard InChI is InChI=1S/C11H12BrClFNO2S/c12-8-1-2-11(10(14)7-8)18(16,17)15-5-3-9(13)4-6-15/h1-2,7,9H,3-6H2. The topological polar surface area (TPSA) is 37.4 Å². The van der Waals surface area contributed by atoms with Crippen LogP contribution in [-0.4, -0.2) is 31.2 Å². The van der Waals surface area contributed by atoms with E-state index in [1.165, 1.54) is 16.4 Å². The first-order valence-corrected chi connectivity index (χ1v) is 8.17. The number of benzene rings is 1. The quantitative estimate of drug-likeness (QED) is 0.764. The van der Waals surface area contributed by atoms with Crippen molar-refractivity contribution >= 4 is 37.6 Å². The first-order valence-electron chi connectivity index (χ1n) is 5.50. The molecule has 0 N–H and O–H groups in total. The van der Waals surface area contributed by atoms with E-state index >= 15 is 0 Å². The van der Waals surface area contributed by atoms with Crippen molar-refractivity contribution in [3.05, 3.63) is 28.5 Å². The van der Waals surface area contributed by atoms with Crippen molar-refractivity contribution < 1.29 is 12.8 Å². The maximum atomic E-state index is 13.7. The molecule has 1 fully saturated rings. The van der Waals surface area contributed by atoms with Gasteiger partial charge in [0.25, 0.3) is 0 Å². The van der Waals surface area contributed by atoms with Gasteiger partial charge in [-0.05, 0) is 31.0 Å². The largest absolute Gasteiger partial charge is 0.245 e. The molecule has 18 heavy (non-hydrogen) atoms. The molecule has 0 aromatic heterocycles. The number of hydrogen-bond acceptors (Lipinski definition) is 2. The summed E-state index contributed by atoms with van der Waals surface area (Å²) in [5, 5.41) is 0.00575. The van der Waals surface area contributed by atoms with Gasteiger partial charge in [-0.15, -0.1) is 11.6 Å². The van der Waals surface area contributed by atoms with Crippen molar-refractivity contribution in [3.63, 3.8) is 0 Å². The number of nitrogens with zero attached hydrogens (tertiary/aromatic N) is 1. The van der Waals surface area contributed by atoms with Crippen LogP contribution in [0, 0.1) is 5.82 Å². The molecule has 1 saturated heterocycles. The van der Waals surface area contributed by atoms with Gasteiger partial charge in [-0.3, -0.25) is 0 Å². The van der Waals surface area contributed by atoms with Crippen LogP contribution < -0.4 is 0 Å². The number of alkyl halides is 1. The molecule has 0 aliphatic carbocycles. The summed E-state index contributed by atoms with van der Waals surface area (Å²) < 4.78 is 40.0. The fourth-order valence-electron chi connectivity index (χ4n) is 1.89. The van der Waals surface area contributed by atoms with E-state index in [0.717, 1.165) is 6.07 Å². The monoisotopic (exact) mass is 355 g/mol. The van der Waals surface area contributed by atoms with Gasteiger partial charge in [-0.1, -0.05) is 15.9 Å². The van der Waals surface area contributed by atoms with E-state index in [2.05, 4.69) is 15.9 Å².